The highest BCUT2D eigenvalue weighted by Crippen LogP contribution is 2.32. The van der Waals surface area contributed by atoms with Crippen molar-refractivity contribution in [1.82, 2.24) is 5.32 Å². The number of halogens is 2. The average molecular weight is 330 g/mol. The van der Waals surface area contributed by atoms with Crippen LogP contribution in [-0.2, 0) is 13.2 Å². The first-order valence-electron chi connectivity index (χ1n) is 6.47. The van der Waals surface area contributed by atoms with Crippen LogP contribution in [0, 0.1) is 6.92 Å². The van der Waals surface area contributed by atoms with Gasteiger partial charge in [0.25, 0.3) is 0 Å². The molecule has 1 aromatic carbocycles. The van der Waals surface area contributed by atoms with Gasteiger partial charge in [-0.05, 0) is 31.7 Å². The van der Waals surface area contributed by atoms with E-state index >= 15 is 0 Å². The number of thiophene rings is 1. The van der Waals surface area contributed by atoms with E-state index in [-0.39, 0.29) is 0 Å². The highest BCUT2D eigenvalue weighted by atomic mass is 35.5. The summed E-state index contributed by atoms with van der Waals surface area (Å²) in [4.78, 5) is 2.59. The molecule has 5 heteroatoms. The molecule has 0 bridgehead atoms. The van der Waals surface area contributed by atoms with Crippen molar-refractivity contribution in [2.24, 2.45) is 0 Å². The fourth-order valence-electron chi connectivity index (χ4n) is 1.82. The van der Waals surface area contributed by atoms with Gasteiger partial charge in [0.1, 0.15) is 17.4 Å². The summed E-state index contributed by atoms with van der Waals surface area (Å²) in [6.07, 6.45) is 0. The van der Waals surface area contributed by atoms with Crippen molar-refractivity contribution >= 4 is 34.5 Å². The van der Waals surface area contributed by atoms with Crippen LogP contribution in [0.25, 0.3) is 0 Å². The molecule has 0 atom stereocenters. The molecule has 1 aromatic heterocycles. The maximum absolute atomic E-state index is 6.11. The summed E-state index contributed by atoms with van der Waals surface area (Å²) in [6, 6.07) is 7.60. The summed E-state index contributed by atoms with van der Waals surface area (Å²) in [7, 11) is 0. The van der Waals surface area contributed by atoms with Crippen LogP contribution in [0.1, 0.15) is 22.2 Å². The fraction of sp³-hybridized carbons (Fsp3) is 0.333. The van der Waals surface area contributed by atoms with Crippen LogP contribution in [-0.4, -0.2) is 6.54 Å². The minimum Gasteiger partial charge on any atom is -0.487 e. The molecule has 0 aliphatic carbocycles. The van der Waals surface area contributed by atoms with Crippen molar-refractivity contribution in [3.05, 3.63) is 49.6 Å². The minimum atomic E-state index is 0.468. The summed E-state index contributed by atoms with van der Waals surface area (Å²) in [5, 5.41) is 4.31. The molecule has 2 rings (SSSR count). The molecule has 108 valence electrons. The Bertz CT molecular complexity index is 583. The zero-order chi connectivity index (χ0) is 14.5. The van der Waals surface area contributed by atoms with Crippen molar-refractivity contribution in [2.75, 3.05) is 6.54 Å². The number of benzene rings is 1. The molecule has 2 nitrogen and oxygen atoms in total. The molecule has 2 aromatic rings. The summed E-state index contributed by atoms with van der Waals surface area (Å²) >= 11 is 13.9. The van der Waals surface area contributed by atoms with Crippen LogP contribution in [0.3, 0.4) is 0 Å². The predicted octanol–water partition coefficient (Wildman–Crippen LogP) is 5.05. The van der Waals surface area contributed by atoms with Gasteiger partial charge in [-0.3, -0.25) is 0 Å². The first-order valence-corrected chi connectivity index (χ1v) is 8.04. The second-order valence-corrected chi connectivity index (χ2v) is 6.54. The van der Waals surface area contributed by atoms with Gasteiger partial charge in [0.15, 0.2) is 0 Å². The van der Waals surface area contributed by atoms with E-state index in [2.05, 4.69) is 25.2 Å². The second-order valence-electron chi connectivity index (χ2n) is 4.42. The molecule has 0 radical (unpaired) electrons. The summed E-state index contributed by atoms with van der Waals surface area (Å²) in [5.41, 5.74) is 1.19. The number of ether oxygens (including phenoxy) is 1. The first-order chi connectivity index (χ1) is 9.61. The van der Waals surface area contributed by atoms with Crippen LogP contribution >= 0.6 is 34.5 Å². The van der Waals surface area contributed by atoms with Crippen molar-refractivity contribution in [2.45, 2.75) is 27.0 Å². The summed E-state index contributed by atoms with van der Waals surface area (Å²) < 4.78 is 5.77. The standard InChI is InChI=1S/C15H17Cl2NOS/c1-3-18-8-12-7-11(10(2)20-12)9-19-14-6-4-5-13(16)15(14)17/h4-7,18H,3,8-9H2,1-2H3. The third-order valence-electron chi connectivity index (χ3n) is 2.92. The molecule has 1 N–H and O–H groups in total. The topological polar surface area (TPSA) is 21.3 Å². The number of hydrogen-bond donors (Lipinski definition) is 1. The van der Waals surface area contributed by atoms with Crippen molar-refractivity contribution in [3.8, 4) is 5.75 Å². The van der Waals surface area contributed by atoms with E-state index in [0.29, 0.717) is 22.4 Å². The van der Waals surface area contributed by atoms with Crippen molar-refractivity contribution < 1.29 is 4.74 Å². The van der Waals surface area contributed by atoms with Gasteiger partial charge in [0, 0.05) is 21.9 Å². The highest BCUT2D eigenvalue weighted by molar-refractivity contribution is 7.12. The van der Waals surface area contributed by atoms with E-state index in [1.54, 1.807) is 17.4 Å². The first kappa shape index (κ1) is 15.6. The molecular weight excluding hydrogens is 313 g/mol. The normalized spacial score (nSPS) is 10.8. The second kappa shape index (κ2) is 7.32. The van der Waals surface area contributed by atoms with Crippen molar-refractivity contribution in [3.63, 3.8) is 0 Å². The molecule has 0 amide bonds. The molecule has 0 aliphatic heterocycles. The number of nitrogens with one attached hydrogen (secondary N) is 1. The zero-order valence-electron chi connectivity index (χ0n) is 11.5. The Labute approximate surface area is 133 Å². The van der Waals surface area contributed by atoms with Crippen LogP contribution < -0.4 is 10.1 Å². The van der Waals surface area contributed by atoms with Gasteiger partial charge in [-0.15, -0.1) is 11.3 Å². The Kier molecular flexibility index (Phi) is 5.73. The molecule has 0 saturated heterocycles. The van der Waals surface area contributed by atoms with Gasteiger partial charge < -0.3 is 10.1 Å². The SMILES string of the molecule is CCNCc1cc(COc2cccc(Cl)c2Cl)c(C)s1. The fourth-order valence-corrected chi connectivity index (χ4v) is 3.18. The van der Waals surface area contributed by atoms with Crippen LogP contribution in [0.15, 0.2) is 24.3 Å². The predicted molar refractivity (Wildman–Crippen MR) is 87.2 cm³/mol. The third-order valence-corrected chi connectivity index (χ3v) is 4.81. The molecule has 0 aliphatic rings. The lowest BCUT2D eigenvalue weighted by molar-refractivity contribution is 0.306. The van der Waals surface area contributed by atoms with Gasteiger partial charge in [0.2, 0.25) is 0 Å². The van der Waals surface area contributed by atoms with E-state index in [1.807, 2.05) is 12.1 Å². The average Bonchev–Trinajstić information content (AvgIpc) is 2.79. The lowest BCUT2D eigenvalue weighted by Gasteiger charge is -2.08. The number of rotatable bonds is 6. The quantitative estimate of drug-likeness (QED) is 0.800. The van der Waals surface area contributed by atoms with Crippen LogP contribution in [0.4, 0.5) is 0 Å². The Hall–Kier alpha value is -0.740. The summed E-state index contributed by atoms with van der Waals surface area (Å²) in [5.74, 6) is 0.623. The molecular formula is C15H17Cl2NOS. The van der Waals surface area contributed by atoms with E-state index in [4.69, 9.17) is 27.9 Å². The monoisotopic (exact) mass is 329 g/mol. The molecule has 0 unspecified atom stereocenters. The zero-order valence-corrected chi connectivity index (χ0v) is 13.8. The maximum Gasteiger partial charge on any atom is 0.139 e. The summed E-state index contributed by atoms with van der Waals surface area (Å²) in [6.45, 7) is 6.60. The van der Waals surface area contributed by atoms with E-state index in [1.165, 1.54) is 15.3 Å². The Morgan fingerprint density at radius 2 is 2.10 bits per heavy atom. The Morgan fingerprint density at radius 3 is 2.85 bits per heavy atom. The molecule has 20 heavy (non-hydrogen) atoms. The Morgan fingerprint density at radius 1 is 1.30 bits per heavy atom. The molecule has 0 saturated carbocycles. The van der Waals surface area contributed by atoms with E-state index < -0.39 is 0 Å². The minimum absolute atomic E-state index is 0.468. The van der Waals surface area contributed by atoms with Crippen LogP contribution in [0.5, 0.6) is 5.75 Å². The van der Waals surface area contributed by atoms with Crippen molar-refractivity contribution in [1.29, 1.82) is 0 Å². The van der Waals surface area contributed by atoms with Gasteiger partial charge in [0.05, 0.1) is 5.02 Å². The largest absolute Gasteiger partial charge is 0.487 e. The molecule has 1 heterocycles. The van der Waals surface area contributed by atoms with Gasteiger partial charge in [-0.25, -0.2) is 0 Å². The number of aryl methyl sites for hydroxylation is 1. The molecule has 0 fully saturated rings. The maximum atomic E-state index is 6.11. The Balaban J connectivity index is 2.03. The lowest BCUT2D eigenvalue weighted by Crippen LogP contribution is -2.10. The number of hydrogen-bond acceptors (Lipinski definition) is 3. The lowest BCUT2D eigenvalue weighted by atomic mass is 10.2. The van der Waals surface area contributed by atoms with Gasteiger partial charge in [-0.2, -0.15) is 0 Å². The third kappa shape index (κ3) is 3.89. The van der Waals surface area contributed by atoms with E-state index in [0.717, 1.165) is 13.1 Å². The highest BCUT2D eigenvalue weighted by Gasteiger charge is 2.09. The van der Waals surface area contributed by atoms with E-state index in [9.17, 15) is 0 Å². The molecule has 0 spiro atoms. The van der Waals surface area contributed by atoms with Crippen LogP contribution in [0.2, 0.25) is 10.0 Å². The van der Waals surface area contributed by atoms with Gasteiger partial charge >= 0.3 is 0 Å². The smallest absolute Gasteiger partial charge is 0.139 e. The van der Waals surface area contributed by atoms with Gasteiger partial charge in [-0.1, -0.05) is 36.2 Å².